The van der Waals surface area contributed by atoms with Crippen LogP contribution in [0.5, 0.6) is 0 Å². The van der Waals surface area contributed by atoms with Gasteiger partial charge in [-0.05, 0) is 53.7 Å². The van der Waals surface area contributed by atoms with Crippen LogP contribution in [0.25, 0.3) is 0 Å². The summed E-state index contributed by atoms with van der Waals surface area (Å²) in [5.41, 5.74) is 8.31. The van der Waals surface area contributed by atoms with Crippen molar-refractivity contribution in [3.8, 4) is 0 Å². The number of urea groups is 1. The first-order chi connectivity index (χ1) is 13.5. The molecule has 5 N–H and O–H groups in total. The van der Waals surface area contributed by atoms with Crippen molar-refractivity contribution in [2.75, 3.05) is 6.54 Å². The number of rotatable bonds is 4. The van der Waals surface area contributed by atoms with E-state index in [0.29, 0.717) is 0 Å². The quantitative estimate of drug-likeness (QED) is 0.344. The van der Waals surface area contributed by atoms with Crippen molar-refractivity contribution >= 4 is 35.3 Å². The summed E-state index contributed by atoms with van der Waals surface area (Å²) in [5.74, 6) is -0.831. The number of nitrogens with two attached hydrogens (primary N) is 2. The van der Waals surface area contributed by atoms with Gasteiger partial charge in [-0.1, -0.05) is 19.2 Å². The first-order valence-electron chi connectivity index (χ1n) is 8.53. The fourth-order valence-electron chi connectivity index (χ4n) is 1.11. The molecule has 0 radical (unpaired) electrons. The van der Waals surface area contributed by atoms with Crippen molar-refractivity contribution < 1.29 is 28.8 Å². The molecule has 0 atom stereocenters. The van der Waals surface area contributed by atoms with Crippen molar-refractivity contribution in [2.45, 2.75) is 47.1 Å². The third kappa shape index (κ3) is 26.7. The second-order valence-electron chi connectivity index (χ2n) is 6.29. The van der Waals surface area contributed by atoms with Crippen molar-refractivity contribution in [2.24, 2.45) is 11.5 Å². The average Bonchev–Trinajstić information content (AvgIpc) is 2.77. The van der Waals surface area contributed by atoms with E-state index >= 15 is 0 Å². The summed E-state index contributed by atoms with van der Waals surface area (Å²) in [6.45, 7) is 19.4. The number of hydrogen-bond acceptors (Lipinski definition) is 6. The zero-order valence-electron chi connectivity index (χ0n) is 18.6. The molecule has 1 rings (SSSR count). The summed E-state index contributed by atoms with van der Waals surface area (Å²) in [7, 11) is 0. The van der Waals surface area contributed by atoms with Crippen LogP contribution in [-0.2, 0) is 24.0 Å². The highest BCUT2D eigenvalue weighted by molar-refractivity contribution is 6.06. The summed E-state index contributed by atoms with van der Waals surface area (Å²) in [5, 5.41) is 2.57. The van der Waals surface area contributed by atoms with Gasteiger partial charge in [0.05, 0.1) is 0 Å². The van der Waals surface area contributed by atoms with Gasteiger partial charge in [0.25, 0.3) is 5.91 Å². The van der Waals surface area contributed by atoms with E-state index in [0.717, 1.165) is 17.1 Å². The fraction of sp³-hybridized carbons (Fsp3) is 0.400. The van der Waals surface area contributed by atoms with E-state index in [1.807, 2.05) is 0 Å². The molecule has 10 heteroatoms. The molecule has 0 saturated carbocycles. The lowest BCUT2D eigenvalue weighted by molar-refractivity contribution is -0.129. The number of Topliss-reactive ketones (excluding diaryl/α,β-unsaturated/α-hetero) is 2. The molecule has 1 fully saturated rings. The Bertz CT molecular complexity index is 616. The molecule has 0 unspecified atom stereocenters. The average molecular weight is 427 g/mol. The summed E-state index contributed by atoms with van der Waals surface area (Å²) >= 11 is 0. The van der Waals surface area contributed by atoms with E-state index in [1.54, 1.807) is 13.8 Å². The second-order valence-corrected chi connectivity index (χ2v) is 6.29. The molecule has 1 aliphatic rings. The highest BCUT2D eigenvalue weighted by atomic mass is 16.2. The Morgan fingerprint density at radius 2 is 1.17 bits per heavy atom. The van der Waals surface area contributed by atoms with Crippen LogP contribution in [0.2, 0.25) is 0 Å². The van der Waals surface area contributed by atoms with E-state index < -0.39 is 17.4 Å². The Morgan fingerprint density at radius 1 is 0.900 bits per heavy atom. The van der Waals surface area contributed by atoms with Crippen molar-refractivity contribution in [3.05, 3.63) is 38.0 Å². The smallest absolute Gasteiger partial charge is 0.325 e. The second kappa shape index (κ2) is 18.8. The molecule has 1 aliphatic heterocycles. The van der Waals surface area contributed by atoms with Gasteiger partial charge in [0.2, 0.25) is 11.8 Å². The summed E-state index contributed by atoms with van der Waals surface area (Å²) in [6.07, 6.45) is 3.64. The Kier molecular flexibility index (Phi) is 21.3. The molecule has 10 nitrogen and oxygen atoms in total. The normalized spacial score (nSPS) is 12.3. The fourth-order valence-corrected chi connectivity index (χ4v) is 1.11. The molecule has 1 heterocycles. The number of ketones is 2. The van der Waals surface area contributed by atoms with Crippen LogP contribution in [0.4, 0.5) is 4.79 Å². The van der Waals surface area contributed by atoms with Crippen molar-refractivity contribution in [3.63, 3.8) is 0 Å². The minimum Gasteiger partial charge on any atom is -0.366 e. The Balaban J connectivity index is -0.000000158. The molecule has 30 heavy (non-hydrogen) atoms. The van der Waals surface area contributed by atoms with E-state index in [9.17, 15) is 28.8 Å². The SMILES string of the molecule is C=CC(N)=O.C=CC(N)=O.C=CCN1C(=O)NC(C)(C)C1=O.CC(C)=O.CC(C)=O. The van der Waals surface area contributed by atoms with Gasteiger partial charge in [-0.3, -0.25) is 19.3 Å². The van der Waals surface area contributed by atoms with Crippen LogP contribution in [0.1, 0.15) is 41.5 Å². The Morgan fingerprint density at radius 3 is 1.30 bits per heavy atom. The number of imide groups is 1. The molecule has 0 aromatic rings. The highest BCUT2D eigenvalue weighted by Crippen LogP contribution is 2.15. The predicted octanol–water partition coefficient (Wildman–Crippen LogP) is 1.01. The van der Waals surface area contributed by atoms with Crippen LogP contribution < -0.4 is 16.8 Å². The lowest BCUT2D eigenvalue weighted by atomic mass is 10.1. The van der Waals surface area contributed by atoms with Crippen molar-refractivity contribution in [1.29, 1.82) is 0 Å². The monoisotopic (exact) mass is 426 g/mol. The van der Waals surface area contributed by atoms with E-state index in [2.05, 4.69) is 36.5 Å². The molecule has 0 aromatic carbocycles. The van der Waals surface area contributed by atoms with Crippen LogP contribution in [0, 0.1) is 0 Å². The molecular formula is C20H34N4O6. The molecule has 1 saturated heterocycles. The van der Waals surface area contributed by atoms with Gasteiger partial charge >= 0.3 is 6.03 Å². The van der Waals surface area contributed by atoms with Gasteiger partial charge in [-0.25, -0.2) is 4.79 Å². The summed E-state index contributed by atoms with van der Waals surface area (Å²) in [6, 6.07) is -0.343. The maximum atomic E-state index is 11.4. The standard InChI is InChI=1S/C8H12N2O2.2C3H5NO.2C3H6O/c1-4-5-10-6(11)8(2,3)9-7(10)12;2*1-2-3(4)5;2*1-3(2)4/h4H,1,5H2,2-3H3,(H,9,12);2*2H,1H2,(H2,4,5);2*1-2H3. The molecule has 5 amide bonds. The third-order valence-electron chi connectivity index (χ3n) is 2.16. The molecular weight excluding hydrogens is 392 g/mol. The number of hydrogen-bond donors (Lipinski definition) is 3. The third-order valence-corrected chi connectivity index (χ3v) is 2.16. The number of nitrogens with one attached hydrogen (secondary N) is 1. The molecule has 170 valence electrons. The topological polar surface area (TPSA) is 170 Å². The Labute approximate surface area is 178 Å². The van der Waals surface area contributed by atoms with Gasteiger partial charge in [0.15, 0.2) is 0 Å². The first kappa shape index (κ1) is 34.0. The number of nitrogens with zero attached hydrogens (tertiary/aromatic N) is 1. The lowest BCUT2D eigenvalue weighted by Gasteiger charge is -2.14. The molecule has 0 bridgehead atoms. The number of carbonyl (C=O) groups is 6. The zero-order chi connectivity index (χ0) is 25.1. The maximum absolute atomic E-state index is 11.4. The molecule has 0 aliphatic carbocycles. The predicted molar refractivity (Wildman–Crippen MR) is 116 cm³/mol. The number of carbonyl (C=O) groups excluding carboxylic acids is 6. The lowest BCUT2D eigenvalue weighted by Crippen LogP contribution is -2.40. The minimum absolute atomic E-state index is 0.167. The van der Waals surface area contributed by atoms with Gasteiger partial charge in [0, 0.05) is 6.54 Å². The summed E-state index contributed by atoms with van der Waals surface area (Å²) in [4.78, 5) is 61.5. The van der Waals surface area contributed by atoms with Gasteiger partial charge in [-0.15, -0.1) is 6.58 Å². The minimum atomic E-state index is -0.764. The maximum Gasteiger partial charge on any atom is 0.325 e. The highest BCUT2D eigenvalue weighted by Gasteiger charge is 2.43. The largest absolute Gasteiger partial charge is 0.366 e. The van der Waals surface area contributed by atoms with Crippen LogP contribution >= 0.6 is 0 Å². The van der Waals surface area contributed by atoms with E-state index in [-0.39, 0.29) is 30.0 Å². The molecule has 0 spiro atoms. The van der Waals surface area contributed by atoms with Crippen LogP contribution in [-0.4, -0.2) is 52.3 Å². The van der Waals surface area contributed by atoms with Crippen LogP contribution in [0.15, 0.2) is 38.0 Å². The number of amides is 5. The first-order valence-corrected chi connectivity index (χ1v) is 8.53. The number of primary amides is 2. The zero-order valence-corrected chi connectivity index (χ0v) is 18.6. The van der Waals surface area contributed by atoms with Gasteiger partial charge in [-0.2, -0.15) is 0 Å². The summed E-state index contributed by atoms with van der Waals surface area (Å²) < 4.78 is 0. The van der Waals surface area contributed by atoms with Crippen molar-refractivity contribution in [1.82, 2.24) is 10.2 Å². The van der Waals surface area contributed by atoms with Crippen LogP contribution in [0.3, 0.4) is 0 Å². The van der Waals surface area contributed by atoms with Gasteiger partial charge in [0.1, 0.15) is 17.1 Å². The van der Waals surface area contributed by atoms with E-state index in [1.165, 1.54) is 33.8 Å². The Hall–Kier alpha value is -3.56. The van der Waals surface area contributed by atoms with E-state index in [4.69, 9.17) is 0 Å². The molecule has 0 aromatic heterocycles. The van der Waals surface area contributed by atoms with Gasteiger partial charge < -0.3 is 26.4 Å².